The molecule has 21 heavy (non-hydrogen) atoms. The largest absolute Gasteiger partial charge is 0.493 e. The van der Waals surface area contributed by atoms with Crippen molar-refractivity contribution in [1.29, 1.82) is 0 Å². The summed E-state index contributed by atoms with van der Waals surface area (Å²) in [5, 5.41) is 7.89. The number of nitrogens with two attached hydrogens (primary N) is 1. The first-order chi connectivity index (χ1) is 10.2. The van der Waals surface area contributed by atoms with Crippen molar-refractivity contribution >= 4 is 5.82 Å². The zero-order chi connectivity index (χ0) is 15.2. The van der Waals surface area contributed by atoms with E-state index < -0.39 is 0 Å². The molecule has 2 N–H and O–H groups in total. The number of aryl methyl sites for hydroxylation is 2. The van der Waals surface area contributed by atoms with Crippen molar-refractivity contribution in [2.75, 3.05) is 27.1 Å². The van der Waals surface area contributed by atoms with Crippen molar-refractivity contribution in [3.05, 3.63) is 35.5 Å². The molecule has 0 radical (unpaired) electrons. The molecule has 0 atom stereocenters. The summed E-state index contributed by atoms with van der Waals surface area (Å²) in [7, 11) is 4.79. The predicted octanol–water partition coefficient (Wildman–Crippen LogP) is 1.87. The molecule has 0 aliphatic carbocycles. The first-order valence-corrected chi connectivity index (χ1v) is 6.55. The topological polar surface area (TPSA) is 79.5 Å². The van der Waals surface area contributed by atoms with E-state index in [2.05, 4.69) is 10.2 Å². The van der Waals surface area contributed by atoms with Crippen LogP contribution in [0.25, 0.3) is 0 Å². The minimum atomic E-state index is 0.423. The lowest BCUT2D eigenvalue weighted by molar-refractivity contribution is 0.324. The molecule has 0 aliphatic rings. The summed E-state index contributed by atoms with van der Waals surface area (Å²) in [6, 6.07) is 7.50. The van der Waals surface area contributed by atoms with E-state index in [1.807, 2.05) is 18.2 Å². The molecule has 1 heterocycles. The van der Waals surface area contributed by atoms with Gasteiger partial charge in [-0.1, -0.05) is 0 Å². The third kappa shape index (κ3) is 3.53. The number of rotatable bonds is 6. The lowest BCUT2D eigenvalue weighted by Crippen LogP contribution is -2.01. The van der Waals surface area contributed by atoms with Crippen LogP contribution in [-0.2, 0) is 12.8 Å². The van der Waals surface area contributed by atoms with Crippen LogP contribution in [0.5, 0.6) is 17.2 Å². The van der Waals surface area contributed by atoms with E-state index in [9.17, 15) is 0 Å². The summed E-state index contributed by atoms with van der Waals surface area (Å²) in [5.74, 6) is 2.31. The second-order valence-electron chi connectivity index (χ2n) is 4.48. The Bertz CT molecular complexity index is 575. The fourth-order valence-electron chi connectivity index (χ4n) is 2.06. The lowest BCUT2D eigenvalue weighted by atomic mass is 10.1. The van der Waals surface area contributed by atoms with Gasteiger partial charge in [0.1, 0.15) is 5.82 Å². The first kappa shape index (κ1) is 14.9. The number of hydrogen-bond acceptors (Lipinski definition) is 6. The molecule has 2 aromatic rings. The molecule has 0 unspecified atom stereocenters. The summed E-state index contributed by atoms with van der Waals surface area (Å²) in [5.41, 5.74) is 7.48. The Kier molecular flexibility index (Phi) is 4.81. The lowest BCUT2D eigenvalue weighted by Gasteiger charge is -2.14. The van der Waals surface area contributed by atoms with Gasteiger partial charge in [-0.2, -0.15) is 5.10 Å². The standard InChI is InChI=1S/C15H19N3O3/c1-19-12-8-10(9-13(20-2)15(12)21-3)4-5-11-6-7-14(16)18-17-11/h6-9H,4-5H2,1-3H3,(H2,16,18). The van der Waals surface area contributed by atoms with Crippen LogP contribution in [0, 0.1) is 0 Å². The Labute approximate surface area is 123 Å². The summed E-state index contributed by atoms with van der Waals surface area (Å²) in [6.07, 6.45) is 1.54. The molecular formula is C15H19N3O3. The van der Waals surface area contributed by atoms with E-state index in [0.717, 1.165) is 24.1 Å². The van der Waals surface area contributed by atoms with Crippen LogP contribution >= 0.6 is 0 Å². The van der Waals surface area contributed by atoms with Gasteiger partial charge in [0.2, 0.25) is 5.75 Å². The minimum absolute atomic E-state index is 0.423. The molecule has 112 valence electrons. The molecule has 1 aromatic heterocycles. The van der Waals surface area contributed by atoms with E-state index in [1.54, 1.807) is 27.4 Å². The van der Waals surface area contributed by atoms with Crippen molar-refractivity contribution in [3.63, 3.8) is 0 Å². The number of nitrogen functional groups attached to an aromatic ring is 1. The molecule has 1 aromatic carbocycles. The van der Waals surface area contributed by atoms with Gasteiger partial charge in [0.05, 0.1) is 27.0 Å². The maximum atomic E-state index is 5.52. The molecule has 2 rings (SSSR count). The molecule has 6 heteroatoms. The van der Waals surface area contributed by atoms with Crippen LogP contribution in [0.2, 0.25) is 0 Å². The Morgan fingerprint density at radius 3 is 2.05 bits per heavy atom. The van der Waals surface area contributed by atoms with Crippen LogP contribution in [-0.4, -0.2) is 31.5 Å². The van der Waals surface area contributed by atoms with Crippen LogP contribution in [0.3, 0.4) is 0 Å². The normalized spacial score (nSPS) is 10.2. The third-order valence-electron chi connectivity index (χ3n) is 3.13. The number of ether oxygens (including phenoxy) is 3. The van der Waals surface area contributed by atoms with Crippen LogP contribution in [0.1, 0.15) is 11.3 Å². The minimum Gasteiger partial charge on any atom is -0.493 e. The monoisotopic (exact) mass is 289 g/mol. The van der Waals surface area contributed by atoms with E-state index in [1.165, 1.54) is 0 Å². The van der Waals surface area contributed by atoms with E-state index in [0.29, 0.717) is 23.1 Å². The molecule has 0 bridgehead atoms. The van der Waals surface area contributed by atoms with Gasteiger partial charge >= 0.3 is 0 Å². The molecule has 0 aliphatic heterocycles. The summed E-state index contributed by atoms with van der Waals surface area (Å²) in [6.45, 7) is 0. The molecular weight excluding hydrogens is 270 g/mol. The fraction of sp³-hybridized carbons (Fsp3) is 0.333. The third-order valence-corrected chi connectivity index (χ3v) is 3.13. The number of benzene rings is 1. The Balaban J connectivity index is 2.18. The van der Waals surface area contributed by atoms with Gasteiger partial charge in [0.15, 0.2) is 11.5 Å². The van der Waals surface area contributed by atoms with Crippen molar-refractivity contribution < 1.29 is 14.2 Å². The van der Waals surface area contributed by atoms with Crippen LogP contribution < -0.4 is 19.9 Å². The molecule has 0 saturated heterocycles. The molecule has 0 amide bonds. The number of anilines is 1. The van der Waals surface area contributed by atoms with E-state index in [4.69, 9.17) is 19.9 Å². The van der Waals surface area contributed by atoms with Gasteiger partial charge < -0.3 is 19.9 Å². The summed E-state index contributed by atoms with van der Waals surface area (Å²) >= 11 is 0. The maximum Gasteiger partial charge on any atom is 0.203 e. The highest BCUT2D eigenvalue weighted by atomic mass is 16.5. The molecule has 0 spiro atoms. The van der Waals surface area contributed by atoms with Crippen molar-refractivity contribution in [2.45, 2.75) is 12.8 Å². The number of aromatic nitrogens is 2. The SMILES string of the molecule is COc1cc(CCc2ccc(N)nn2)cc(OC)c1OC. The van der Waals surface area contributed by atoms with Crippen LogP contribution in [0.15, 0.2) is 24.3 Å². The van der Waals surface area contributed by atoms with Gasteiger partial charge in [-0.05, 0) is 42.7 Å². The summed E-state index contributed by atoms with van der Waals surface area (Å²) in [4.78, 5) is 0. The van der Waals surface area contributed by atoms with E-state index >= 15 is 0 Å². The van der Waals surface area contributed by atoms with Gasteiger partial charge in [0.25, 0.3) is 0 Å². The Hall–Kier alpha value is -2.50. The number of hydrogen-bond donors (Lipinski definition) is 1. The van der Waals surface area contributed by atoms with Crippen molar-refractivity contribution in [1.82, 2.24) is 10.2 Å². The van der Waals surface area contributed by atoms with Gasteiger partial charge in [0, 0.05) is 0 Å². The highest BCUT2D eigenvalue weighted by Gasteiger charge is 2.13. The average molecular weight is 289 g/mol. The smallest absolute Gasteiger partial charge is 0.203 e. The number of nitrogens with zero attached hydrogens (tertiary/aromatic N) is 2. The quantitative estimate of drug-likeness (QED) is 0.874. The predicted molar refractivity (Wildman–Crippen MR) is 80.0 cm³/mol. The molecule has 0 fully saturated rings. The Morgan fingerprint density at radius 2 is 1.57 bits per heavy atom. The van der Waals surface area contributed by atoms with Gasteiger partial charge in [-0.3, -0.25) is 0 Å². The highest BCUT2D eigenvalue weighted by Crippen LogP contribution is 2.38. The zero-order valence-corrected chi connectivity index (χ0v) is 12.4. The van der Waals surface area contributed by atoms with Crippen molar-refractivity contribution in [2.24, 2.45) is 0 Å². The van der Waals surface area contributed by atoms with Gasteiger partial charge in [-0.15, -0.1) is 5.10 Å². The van der Waals surface area contributed by atoms with Crippen LogP contribution in [0.4, 0.5) is 5.82 Å². The van der Waals surface area contributed by atoms with Gasteiger partial charge in [-0.25, -0.2) is 0 Å². The second-order valence-corrected chi connectivity index (χ2v) is 4.48. The van der Waals surface area contributed by atoms with Crippen molar-refractivity contribution in [3.8, 4) is 17.2 Å². The molecule has 6 nitrogen and oxygen atoms in total. The second kappa shape index (κ2) is 6.78. The average Bonchev–Trinajstić information content (AvgIpc) is 2.53. The number of methoxy groups -OCH3 is 3. The van der Waals surface area contributed by atoms with E-state index in [-0.39, 0.29) is 0 Å². The molecule has 0 saturated carbocycles. The highest BCUT2D eigenvalue weighted by molar-refractivity contribution is 5.53. The first-order valence-electron chi connectivity index (χ1n) is 6.55. The summed E-state index contributed by atoms with van der Waals surface area (Å²) < 4.78 is 16.0. The Morgan fingerprint density at radius 1 is 0.905 bits per heavy atom. The maximum absolute atomic E-state index is 5.52. The fourth-order valence-corrected chi connectivity index (χ4v) is 2.06. The zero-order valence-electron chi connectivity index (χ0n) is 12.4.